The lowest BCUT2D eigenvalue weighted by molar-refractivity contribution is -0.146. The summed E-state index contributed by atoms with van der Waals surface area (Å²) in [7, 11) is 1.50. The number of ether oxygens (including phenoxy) is 1. The monoisotopic (exact) mass is 745 g/mol. The summed E-state index contributed by atoms with van der Waals surface area (Å²) < 4.78 is 5.30. The van der Waals surface area contributed by atoms with Gasteiger partial charge in [0.1, 0.15) is 23.9 Å². The van der Waals surface area contributed by atoms with Gasteiger partial charge in [-0.25, -0.2) is 10.4 Å². The van der Waals surface area contributed by atoms with Crippen molar-refractivity contribution in [2.45, 2.75) is 119 Å². The fourth-order valence-electron chi connectivity index (χ4n) is 5.60. The van der Waals surface area contributed by atoms with E-state index < -0.39 is 47.9 Å². The van der Waals surface area contributed by atoms with E-state index in [2.05, 4.69) is 10.7 Å². The number of hydrazine groups is 1. The fraction of sp³-hybridized carbons (Fsp3) is 0.605. The highest BCUT2D eigenvalue weighted by Crippen LogP contribution is 2.28. The number of nitrogens with two attached hydrogens (primary N) is 1. The molecule has 15 nitrogen and oxygen atoms in total. The second-order valence-corrected chi connectivity index (χ2v) is 14.8. The summed E-state index contributed by atoms with van der Waals surface area (Å²) in [5.41, 5.74) is 8.33. The topological polar surface area (TPSA) is 226 Å². The van der Waals surface area contributed by atoms with E-state index in [1.165, 1.54) is 18.1 Å². The quantitative estimate of drug-likeness (QED) is 0.152. The van der Waals surface area contributed by atoms with Crippen molar-refractivity contribution in [1.82, 2.24) is 20.7 Å². The number of hydrogen-bond acceptors (Lipinski definition) is 10. The van der Waals surface area contributed by atoms with Gasteiger partial charge in [-0.05, 0) is 61.5 Å². The minimum absolute atomic E-state index is 0.124. The summed E-state index contributed by atoms with van der Waals surface area (Å²) in [5, 5.41) is 21.0. The molecule has 0 radical (unpaired) electrons. The second kappa shape index (κ2) is 21.8. The first-order valence-corrected chi connectivity index (χ1v) is 18.0. The van der Waals surface area contributed by atoms with E-state index in [1.54, 1.807) is 31.2 Å². The van der Waals surface area contributed by atoms with E-state index in [-0.39, 0.29) is 29.6 Å². The van der Waals surface area contributed by atoms with Crippen molar-refractivity contribution in [3.05, 3.63) is 47.2 Å². The van der Waals surface area contributed by atoms with Gasteiger partial charge in [-0.15, -0.1) is 0 Å². The molecule has 2 aliphatic heterocycles. The predicted molar refractivity (Wildman–Crippen MR) is 198 cm³/mol. The number of fused-ring (bicyclic) bond motifs is 1. The molecule has 1 aromatic rings. The Morgan fingerprint density at radius 2 is 1.28 bits per heavy atom. The maximum absolute atomic E-state index is 13.0. The van der Waals surface area contributed by atoms with Crippen molar-refractivity contribution >= 4 is 41.5 Å². The molecule has 4 atom stereocenters. The Bertz CT molecular complexity index is 1450. The standard InChI is InChI=1S/C18H30N2O4.C14H16N2O4.C6H13NO2/c1-7-16(21)19-13(8-11(2)3)18(23)20-14(9-12(4)5)15(24-6)10-17(20)22;1-8(2)7-11(14(19)20)15-16-12(17)9-5-3-4-6-10(9)13(16)18;1-4(2)3-5(7)6(8)9/h10-14H,7-9H2,1-6H3,(H,19,21);3-6,8,11,15H,7H2,1-2H3,(H,19,20);4-5H,3,7H2,1-2H3,(H,8,9)/t13-,14+;11-;5-/m100/s1. The first-order chi connectivity index (χ1) is 24.7. The number of carbonyl (C=O) groups is 7. The number of imide groups is 2. The molecule has 53 heavy (non-hydrogen) atoms. The number of carboxylic acid groups (broad SMARTS) is 2. The van der Waals surface area contributed by atoms with Crippen LogP contribution < -0.4 is 16.5 Å². The molecule has 0 bridgehead atoms. The number of amides is 5. The van der Waals surface area contributed by atoms with Gasteiger partial charge in [-0.1, -0.05) is 74.4 Å². The first-order valence-electron chi connectivity index (χ1n) is 18.0. The molecular weight excluding hydrogens is 686 g/mol. The Morgan fingerprint density at radius 1 is 0.792 bits per heavy atom. The second-order valence-electron chi connectivity index (χ2n) is 14.8. The zero-order valence-electron chi connectivity index (χ0n) is 32.7. The number of methoxy groups -OCH3 is 1. The van der Waals surface area contributed by atoms with Crippen LogP contribution in [0.4, 0.5) is 0 Å². The number of hydrogen-bond donors (Lipinski definition) is 5. The van der Waals surface area contributed by atoms with Crippen LogP contribution in [0, 0.1) is 23.7 Å². The molecule has 0 aromatic heterocycles. The molecule has 0 unspecified atom stereocenters. The highest BCUT2D eigenvalue weighted by atomic mass is 16.5. The minimum atomic E-state index is -1.09. The summed E-state index contributed by atoms with van der Waals surface area (Å²) >= 11 is 0. The number of rotatable bonds is 16. The van der Waals surface area contributed by atoms with Gasteiger partial charge in [0, 0.05) is 12.5 Å². The van der Waals surface area contributed by atoms with Gasteiger partial charge < -0.3 is 26.0 Å². The average molecular weight is 746 g/mol. The fourth-order valence-corrected chi connectivity index (χ4v) is 5.60. The summed E-state index contributed by atoms with van der Waals surface area (Å²) in [5.74, 6) is -2.45. The maximum Gasteiger partial charge on any atom is 0.322 e. The molecule has 0 saturated heterocycles. The van der Waals surface area contributed by atoms with E-state index >= 15 is 0 Å². The SMILES string of the molecule is CC(C)C[C@H](N)C(=O)O.CC(C)C[C@H](NN1C(=O)c2ccccc2C1=O)C(=O)O.CCC(=O)N[C@H](CC(C)C)C(=O)N1C(=O)C=C(OC)[C@@H]1CC(C)C. The van der Waals surface area contributed by atoms with Crippen LogP contribution in [0.5, 0.6) is 0 Å². The van der Waals surface area contributed by atoms with Gasteiger partial charge in [0.15, 0.2) is 0 Å². The number of carbonyl (C=O) groups excluding carboxylic acids is 5. The van der Waals surface area contributed by atoms with E-state index in [4.69, 9.17) is 20.7 Å². The molecule has 15 heteroatoms. The van der Waals surface area contributed by atoms with Crippen LogP contribution in [0.25, 0.3) is 0 Å². The third-order valence-corrected chi connectivity index (χ3v) is 8.10. The molecule has 0 fully saturated rings. The summed E-state index contributed by atoms with van der Waals surface area (Å²) in [6.07, 6.45) is 3.67. The van der Waals surface area contributed by atoms with Gasteiger partial charge in [-0.2, -0.15) is 0 Å². The van der Waals surface area contributed by atoms with Crippen LogP contribution in [0.15, 0.2) is 36.1 Å². The lowest BCUT2D eigenvalue weighted by atomic mass is 9.99. The molecule has 3 rings (SSSR count). The molecule has 1 aromatic carbocycles. The van der Waals surface area contributed by atoms with Crippen LogP contribution in [0.3, 0.4) is 0 Å². The molecule has 0 saturated carbocycles. The van der Waals surface area contributed by atoms with Crippen LogP contribution in [-0.2, 0) is 28.7 Å². The maximum atomic E-state index is 13.0. The number of benzene rings is 1. The smallest absolute Gasteiger partial charge is 0.322 e. The molecule has 6 N–H and O–H groups in total. The van der Waals surface area contributed by atoms with Crippen molar-refractivity contribution in [1.29, 1.82) is 0 Å². The number of carboxylic acids is 2. The van der Waals surface area contributed by atoms with Crippen molar-refractivity contribution in [3.8, 4) is 0 Å². The molecular formula is C38H59N5O10. The highest BCUT2D eigenvalue weighted by molar-refractivity contribution is 6.21. The van der Waals surface area contributed by atoms with Gasteiger partial charge >= 0.3 is 11.9 Å². The van der Waals surface area contributed by atoms with Crippen LogP contribution in [0.1, 0.15) is 115 Å². The van der Waals surface area contributed by atoms with Crippen molar-refractivity contribution in [2.75, 3.05) is 7.11 Å². The van der Waals surface area contributed by atoms with Gasteiger partial charge in [0.05, 0.1) is 24.3 Å². The number of aliphatic carboxylic acids is 2. The van der Waals surface area contributed by atoms with E-state index in [0.29, 0.717) is 60.8 Å². The Kier molecular flexibility index (Phi) is 19.1. The zero-order chi connectivity index (χ0) is 40.7. The Labute approximate surface area is 312 Å². The van der Waals surface area contributed by atoms with Crippen LogP contribution >= 0.6 is 0 Å². The van der Waals surface area contributed by atoms with Gasteiger partial charge in [0.25, 0.3) is 23.6 Å². The molecule has 0 spiro atoms. The number of nitrogens with one attached hydrogen (secondary N) is 2. The van der Waals surface area contributed by atoms with Crippen molar-refractivity contribution in [3.63, 3.8) is 0 Å². The van der Waals surface area contributed by atoms with Crippen LogP contribution in [-0.4, -0.2) is 92.9 Å². The minimum Gasteiger partial charge on any atom is -0.499 e. The Hall–Kier alpha value is -4.63. The predicted octanol–water partition coefficient (Wildman–Crippen LogP) is 3.97. The molecule has 0 aliphatic carbocycles. The van der Waals surface area contributed by atoms with Crippen molar-refractivity contribution < 1.29 is 48.5 Å². The van der Waals surface area contributed by atoms with Crippen LogP contribution in [0.2, 0.25) is 0 Å². The normalized spacial score (nSPS) is 16.8. The Morgan fingerprint density at radius 3 is 1.66 bits per heavy atom. The molecule has 2 heterocycles. The average Bonchev–Trinajstić information content (AvgIpc) is 3.50. The largest absolute Gasteiger partial charge is 0.499 e. The summed E-state index contributed by atoms with van der Waals surface area (Å²) in [4.78, 5) is 83.9. The lowest BCUT2D eigenvalue weighted by Crippen LogP contribution is -2.52. The van der Waals surface area contributed by atoms with E-state index in [9.17, 15) is 33.6 Å². The first kappa shape index (κ1) is 46.4. The van der Waals surface area contributed by atoms with Crippen molar-refractivity contribution in [2.24, 2.45) is 29.4 Å². The van der Waals surface area contributed by atoms with E-state index in [1.807, 2.05) is 55.4 Å². The highest BCUT2D eigenvalue weighted by Gasteiger charge is 2.42. The third kappa shape index (κ3) is 14.4. The van der Waals surface area contributed by atoms with Gasteiger partial charge in [0.2, 0.25) is 5.91 Å². The lowest BCUT2D eigenvalue weighted by Gasteiger charge is -2.30. The summed E-state index contributed by atoms with van der Waals surface area (Å²) in [6, 6.07) is 3.67. The number of nitrogens with zero attached hydrogens (tertiary/aromatic N) is 2. The molecule has 296 valence electrons. The molecule has 2 aliphatic rings. The van der Waals surface area contributed by atoms with Gasteiger partial charge in [-0.3, -0.25) is 38.5 Å². The summed E-state index contributed by atoms with van der Waals surface area (Å²) in [6.45, 7) is 17.4. The zero-order valence-corrected chi connectivity index (χ0v) is 32.7. The molecule has 5 amide bonds. The Balaban J connectivity index is 0.000000436. The third-order valence-electron chi connectivity index (χ3n) is 8.10. The van der Waals surface area contributed by atoms with E-state index in [0.717, 1.165) is 5.01 Å².